The Bertz CT molecular complexity index is 700. The second kappa shape index (κ2) is 5.00. The first-order chi connectivity index (χ1) is 10.1. The van der Waals surface area contributed by atoms with Crippen LogP contribution in [-0.2, 0) is 18.4 Å². The third kappa shape index (κ3) is 2.26. The van der Waals surface area contributed by atoms with Crippen LogP contribution in [0.5, 0.6) is 0 Å². The lowest BCUT2D eigenvalue weighted by atomic mass is 10.2. The van der Waals surface area contributed by atoms with Crippen molar-refractivity contribution < 1.29 is 14.7 Å². The molecular weight excluding hydrogens is 276 g/mol. The molecule has 0 saturated carbocycles. The van der Waals surface area contributed by atoms with Crippen LogP contribution in [0.25, 0.3) is 11.4 Å². The van der Waals surface area contributed by atoms with E-state index in [-0.39, 0.29) is 23.8 Å². The van der Waals surface area contributed by atoms with Gasteiger partial charge in [-0.05, 0) is 6.42 Å². The summed E-state index contributed by atoms with van der Waals surface area (Å²) in [6.07, 6.45) is 4.07. The molecule has 0 radical (unpaired) electrons. The molecule has 1 amide bonds. The Kier molecular flexibility index (Phi) is 3.16. The van der Waals surface area contributed by atoms with Crippen molar-refractivity contribution in [2.45, 2.75) is 13.0 Å². The van der Waals surface area contributed by atoms with Crippen molar-refractivity contribution in [3.8, 4) is 11.4 Å². The Hall–Kier alpha value is -2.71. The van der Waals surface area contributed by atoms with Gasteiger partial charge < -0.3 is 14.6 Å². The maximum absolute atomic E-state index is 12.0. The van der Waals surface area contributed by atoms with Gasteiger partial charge in [0.05, 0.1) is 18.2 Å². The Morgan fingerprint density at radius 3 is 2.67 bits per heavy atom. The highest BCUT2D eigenvalue weighted by atomic mass is 16.4. The highest BCUT2D eigenvalue weighted by molar-refractivity contribution is 5.92. The van der Waals surface area contributed by atoms with E-state index >= 15 is 0 Å². The Morgan fingerprint density at radius 1 is 1.38 bits per heavy atom. The number of hydrogen-bond donors (Lipinski definition) is 1. The topological polar surface area (TPSA) is 106 Å². The van der Waals surface area contributed by atoms with Crippen LogP contribution in [0.15, 0.2) is 12.5 Å². The second-order valence-corrected chi connectivity index (χ2v) is 4.87. The lowest BCUT2D eigenvalue weighted by molar-refractivity contribution is -0.135. The van der Waals surface area contributed by atoms with Crippen LogP contribution in [0.3, 0.4) is 0 Å². The summed E-state index contributed by atoms with van der Waals surface area (Å²) in [4.78, 5) is 29.0. The zero-order valence-electron chi connectivity index (χ0n) is 11.4. The summed E-state index contributed by atoms with van der Waals surface area (Å²) in [7, 11) is 1.74. The molecule has 0 aromatic carbocycles. The molecule has 3 heterocycles. The van der Waals surface area contributed by atoms with E-state index in [9.17, 15) is 14.7 Å². The van der Waals surface area contributed by atoms with Gasteiger partial charge in [-0.25, -0.2) is 14.5 Å². The SMILES string of the molecule is Cn1cncc1-c1c(C(=O)O)nnn1CC(=O)N1CCC1. The molecule has 1 saturated heterocycles. The van der Waals surface area contributed by atoms with Gasteiger partial charge in [0.25, 0.3) is 0 Å². The van der Waals surface area contributed by atoms with Gasteiger partial charge >= 0.3 is 5.97 Å². The van der Waals surface area contributed by atoms with Crippen LogP contribution < -0.4 is 0 Å². The molecule has 21 heavy (non-hydrogen) atoms. The minimum Gasteiger partial charge on any atom is -0.476 e. The average Bonchev–Trinajstić information content (AvgIpc) is 2.92. The Balaban J connectivity index is 1.99. The molecule has 1 N–H and O–H groups in total. The minimum atomic E-state index is -1.19. The summed E-state index contributed by atoms with van der Waals surface area (Å²) in [5, 5.41) is 16.7. The summed E-state index contributed by atoms with van der Waals surface area (Å²) in [5.41, 5.74) is 0.653. The fourth-order valence-corrected chi connectivity index (χ4v) is 2.20. The number of carboxylic acids is 1. The van der Waals surface area contributed by atoms with Crippen molar-refractivity contribution in [1.29, 1.82) is 0 Å². The highest BCUT2D eigenvalue weighted by Crippen LogP contribution is 2.22. The van der Waals surface area contributed by atoms with Gasteiger partial charge in [-0.2, -0.15) is 0 Å². The molecule has 0 aliphatic carbocycles. The average molecular weight is 290 g/mol. The molecule has 0 bridgehead atoms. The largest absolute Gasteiger partial charge is 0.476 e. The number of aryl methyl sites for hydroxylation is 1. The number of likely N-dealkylation sites (tertiary alicyclic amines) is 1. The summed E-state index contributed by atoms with van der Waals surface area (Å²) in [6.45, 7) is 1.45. The van der Waals surface area contributed by atoms with Gasteiger partial charge in [-0.3, -0.25) is 4.79 Å². The maximum atomic E-state index is 12.0. The highest BCUT2D eigenvalue weighted by Gasteiger charge is 2.26. The van der Waals surface area contributed by atoms with Crippen molar-refractivity contribution in [2.75, 3.05) is 13.1 Å². The lowest BCUT2D eigenvalue weighted by Crippen LogP contribution is -2.43. The predicted molar refractivity (Wildman–Crippen MR) is 70.4 cm³/mol. The number of nitrogens with zero attached hydrogens (tertiary/aromatic N) is 6. The number of imidazole rings is 1. The number of carbonyl (C=O) groups excluding carboxylic acids is 1. The lowest BCUT2D eigenvalue weighted by Gasteiger charge is -2.30. The first-order valence-corrected chi connectivity index (χ1v) is 6.49. The standard InChI is InChI=1S/C12H14N6O3/c1-16-7-13-5-8(16)11-10(12(20)21)14-15-18(11)6-9(19)17-3-2-4-17/h5,7H,2-4,6H2,1H3,(H,20,21). The van der Waals surface area contributed by atoms with Crippen molar-refractivity contribution >= 4 is 11.9 Å². The number of carbonyl (C=O) groups is 2. The number of amides is 1. The van der Waals surface area contributed by atoms with Gasteiger partial charge in [-0.15, -0.1) is 5.10 Å². The van der Waals surface area contributed by atoms with Gasteiger partial charge in [0.15, 0.2) is 5.69 Å². The molecule has 1 fully saturated rings. The molecule has 2 aromatic rings. The summed E-state index contributed by atoms with van der Waals surface area (Å²) in [5.74, 6) is -1.28. The van der Waals surface area contributed by atoms with E-state index < -0.39 is 5.97 Å². The minimum absolute atomic E-state index is 0.0270. The number of rotatable bonds is 4. The van der Waals surface area contributed by atoms with E-state index in [4.69, 9.17) is 0 Å². The van der Waals surface area contributed by atoms with Crippen molar-refractivity contribution in [3.05, 3.63) is 18.2 Å². The van der Waals surface area contributed by atoms with E-state index in [1.54, 1.807) is 22.8 Å². The second-order valence-electron chi connectivity index (χ2n) is 4.87. The first-order valence-electron chi connectivity index (χ1n) is 6.49. The molecule has 0 atom stereocenters. The van der Waals surface area contributed by atoms with E-state index in [0.29, 0.717) is 5.69 Å². The Morgan fingerprint density at radius 2 is 2.14 bits per heavy atom. The third-order valence-corrected chi connectivity index (χ3v) is 3.49. The van der Waals surface area contributed by atoms with E-state index in [1.807, 2.05) is 0 Å². The monoisotopic (exact) mass is 290 g/mol. The summed E-state index contributed by atoms with van der Waals surface area (Å²) < 4.78 is 2.98. The fourth-order valence-electron chi connectivity index (χ4n) is 2.20. The molecule has 110 valence electrons. The number of carboxylic acid groups (broad SMARTS) is 1. The zero-order valence-corrected chi connectivity index (χ0v) is 11.4. The van der Waals surface area contributed by atoms with Crippen LogP contribution >= 0.6 is 0 Å². The van der Waals surface area contributed by atoms with Crippen molar-refractivity contribution in [2.24, 2.45) is 7.05 Å². The quantitative estimate of drug-likeness (QED) is 0.822. The number of aromatic carboxylic acids is 1. The van der Waals surface area contributed by atoms with E-state index in [2.05, 4.69) is 15.3 Å². The van der Waals surface area contributed by atoms with Crippen LogP contribution in [0.4, 0.5) is 0 Å². The molecule has 0 spiro atoms. The summed E-state index contributed by atoms with van der Waals surface area (Å²) in [6, 6.07) is 0. The first kappa shape index (κ1) is 13.3. The van der Waals surface area contributed by atoms with E-state index in [1.165, 1.54) is 10.9 Å². The van der Waals surface area contributed by atoms with Crippen LogP contribution in [-0.4, -0.2) is 59.5 Å². The smallest absolute Gasteiger partial charge is 0.358 e. The van der Waals surface area contributed by atoms with Crippen LogP contribution in [0.1, 0.15) is 16.9 Å². The summed E-state index contributed by atoms with van der Waals surface area (Å²) >= 11 is 0. The molecule has 9 heteroatoms. The molecular formula is C12H14N6O3. The number of aromatic nitrogens is 5. The third-order valence-electron chi connectivity index (χ3n) is 3.49. The normalized spacial score (nSPS) is 14.0. The molecule has 1 aliphatic heterocycles. The fraction of sp³-hybridized carbons (Fsp3) is 0.417. The van der Waals surface area contributed by atoms with Gasteiger partial charge in [0.2, 0.25) is 5.91 Å². The predicted octanol–water partition coefficient (Wildman–Crippen LogP) is -0.391. The zero-order chi connectivity index (χ0) is 15.0. The van der Waals surface area contributed by atoms with Crippen molar-refractivity contribution in [1.82, 2.24) is 29.4 Å². The number of hydrogen-bond acceptors (Lipinski definition) is 5. The van der Waals surface area contributed by atoms with Gasteiger partial charge in [-0.1, -0.05) is 5.21 Å². The molecule has 2 aromatic heterocycles. The van der Waals surface area contributed by atoms with Crippen molar-refractivity contribution in [3.63, 3.8) is 0 Å². The molecule has 9 nitrogen and oxygen atoms in total. The van der Waals surface area contributed by atoms with Crippen LogP contribution in [0.2, 0.25) is 0 Å². The molecule has 0 unspecified atom stereocenters. The van der Waals surface area contributed by atoms with E-state index in [0.717, 1.165) is 19.5 Å². The van der Waals surface area contributed by atoms with Crippen LogP contribution in [0, 0.1) is 0 Å². The van der Waals surface area contributed by atoms with Gasteiger partial charge in [0.1, 0.15) is 12.2 Å². The maximum Gasteiger partial charge on any atom is 0.358 e. The van der Waals surface area contributed by atoms with Gasteiger partial charge in [0, 0.05) is 20.1 Å². The molecule has 1 aliphatic rings. The molecule has 3 rings (SSSR count). The Labute approximate surface area is 119 Å².